The number of hydrogen-bond donors (Lipinski definition) is 1. The molecule has 0 atom stereocenters. The van der Waals surface area contributed by atoms with Crippen molar-refractivity contribution in [2.75, 3.05) is 11.9 Å². The summed E-state index contributed by atoms with van der Waals surface area (Å²) in [5.41, 5.74) is -1.47. The minimum Gasteiger partial charge on any atom is -0.358 e. The smallest absolute Gasteiger partial charge is 0.333 e. The molecule has 3 heterocycles. The average Bonchev–Trinajstić information content (AvgIpc) is 3.44. The van der Waals surface area contributed by atoms with Crippen LogP contribution in [0.25, 0.3) is 5.65 Å². The van der Waals surface area contributed by atoms with Gasteiger partial charge in [-0.3, -0.25) is 9.20 Å². The summed E-state index contributed by atoms with van der Waals surface area (Å²) in [5, 5.41) is 5.76. The largest absolute Gasteiger partial charge is 0.358 e. The number of aromatic nitrogens is 4. The van der Waals surface area contributed by atoms with Crippen LogP contribution in [-0.4, -0.2) is 44.2 Å². The molecule has 13 heteroatoms. The summed E-state index contributed by atoms with van der Waals surface area (Å²) >= 11 is 0. The molecule has 184 valence electrons. The molecule has 1 aliphatic rings. The van der Waals surface area contributed by atoms with Gasteiger partial charge in [-0.2, -0.15) is 13.9 Å². The third-order valence-electron chi connectivity index (χ3n) is 6.07. The lowest BCUT2D eigenvalue weighted by Gasteiger charge is -2.36. The number of rotatable bonds is 7. The number of nitrogens with one attached hydrogen (secondary N) is 1. The molecule has 1 fully saturated rings. The Morgan fingerprint density at radius 2 is 1.76 bits per heavy atom. The number of alkyl halides is 6. The number of carbonyl (C=O) groups is 1. The normalized spacial score (nSPS) is 18.9. The highest BCUT2D eigenvalue weighted by atomic mass is 19.3. The molecule has 34 heavy (non-hydrogen) atoms. The van der Waals surface area contributed by atoms with E-state index in [-0.39, 0.29) is 22.5 Å². The van der Waals surface area contributed by atoms with Crippen molar-refractivity contribution < 1.29 is 31.1 Å². The van der Waals surface area contributed by atoms with E-state index in [0.29, 0.717) is 43.3 Å². The minimum absolute atomic E-state index is 0.0364. The van der Waals surface area contributed by atoms with Gasteiger partial charge in [0.2, 0.25) is 0 Å². The number of nitrogens with zero attached hydrogens (tertiary/aromatic N) is 5. The Hall–Kier alpha value is -3.25. The van der Waals surface area contributed by atoms with Crippen LogP contribution in [-0.2, 0) is 0 Å². The van der Waals surface area contributed by atoms with Gasteiger partial charge in [0, 0.05) is 31.5 Å². The van der Waals surface area contributed by atoms with E-state index in [4.69, 9.17) is 0 Å². The fourth-order valence-electron chi connectivity index (χ4n) is 4.31. The molecule has 7 nitrogen and oxygen atoms in total. The number of imidazole rings is 1. The van der Waals surface area contributed by atoms with Crippen molar-refractivity contribution in [2.45, 2.75) is 57.2 Å². The van der Waals surface area contributed by atoms with Crippen LogP contribution in [0.3, 0.4) is 0 Å². The standard InChI is InChI=1S/C21H22F6N6O/c1-31(16-4-2-3-15-29-14(18(22)23)10-32(15)16)12-7-5-11(6-8-12)28-20(34)13-9-33(21(26)27)30-17(13)19(24)25/h2-4,9-12,18-19,21H,5-8H2,1H3,(H,28,34)/t11-,12+. The Morgan fingerprint density at radius 1 is 1.06 bits per heavy atom. The van der Waals surface area contributed by atoms with Gasteiger partial charge in [-0.05, 0) is 37.8 Å². The van der Waals surface area contributed by atoms with Gasteiger partial charge >= 0.3 is 6.55 Å². The molecule has 1 saturated carbocycles. The molecule has 0 saturated heterocycles. The third-order valence-corrected chi connectivity index (χ3v) is 6.07. The summed E-state index contributed by atoms with van der Waals surface area (Å²) in [6, 6.07) is 4.88. The predicted molar refractivity (Wildman–Crippen MR) is 110 cm³/mol. The molecule has 3 aromatic heterocycles. The van der Waals surface area contributed by atoms with E-state index >= 15 is 0 Å². The van der Waals surface area contributed by atoms with E-state index in [1.807, 2.05) is 11.9 Å². The zero-order valence-corrected chi connectivity index (χ0v) is 18.0. The molecular weight excluding hydrogens is 466 g/mol. The van der Waals surface area contributed by atoms with Crippen LogP contribution in [0.1, 0.15) is 66.8 Å². The van der Waals surface area contributed by atoms with E-state index in [2.05, 4.69) is 15.4 Å². The zero-order chi connectivity index (χ0) is 24.6. The topological polar surface area (TPSA) is 67.5 Å². The molecule has 1 N–H and O–H groups in total. The van der Waals surface area contributed by atoms with Gasteiger partial charge in [-0.1, -0.05) is 6.07 Å². The number of hydrogen-bond acceptors (Lipinski definition) is 4. The maximum absolute atomic E-state index is 13.1. The van der Waals surface area contributed by atoms with E-state index < -0.39 is 36.6 Å². The maximum Gasteiger partial charge on any atom is 0.333 e. The number of amides is 1. The summed E-state index contributed by atoms with van der Waals surface area (Å²) in [4.78, 5) is 18.4. The van der Waals surface area contributed by atoms with Crippen LogP contribution in [0.15, 0.2) is 30.6 Å². The van der Waals surface area contributed by atoms with Crippen molar-refractivity contribution in [2.24, 2.45) is 0 Å². The summed E-state index contributed by atoms with van der Waals surface area (Å²) in [6.07, 6.45) is -1.61. The second-order valence-corrected chi connectivity index (χ2v) is 8.15. The molecule has 0 aliphatic heterocycles. The highest BCUT2D eigenvalue weighted by Crippen LogP contribution is 2.29. The van der Waals surface area contributed by atoms with Gasteiger partial charge in [0.25, 0.3) is 18.8 Å². The molecule has 0 radical (unpaired) electrons. The van der Waals surface area contributed by atoms with Crippen molar-refractivity contribution in [3.63, 3.8) is 0 Å². The van der Waals surface area contributed by atoms with Crippen LogP contribution < -0.4 is 10.2 Å². The van der Waals surface area contributed by atoms with E-state index in [9.17, 15) is 31.1 Å². The molecule has 3 aromatic rings. The molecule has 1 aliphatic carbocycles. The first-order valence-electron chi connectivity index (χ1n) is 10.6. The van der Waals surface area contributed by atoms with Crippen LogP contribution in [0, 0.1) is 0 Å². The van der Waals surface area contributed by atoms with Crippen molar-refractivity contribution >= 4 is 17.4 Å². The van der Waals surface area contributed by atoms with Gasteiger partial charge < -0.3 is 10.2 Å². The lowest BCUT2D eigenvalue weighted by Crippen LogP contribution is -2.43. The summed E-state index contributed by atoms with van der Waals surface area (Å²) in [6.45, 7) is -3.14. The highest BCUT2D eigenvalue weighted by Gasteiger charge is 2.30. The molecule has 0 unspecified atom stereocenters. The third kappa shape index (κ3) is 4.68. The Labute approximate surface area is 190 Å². The Morgan fingerprint density at radius 3 is 2.38 bits per heavy atom. The Balaban J connectivity index is 1.41. The lowest BCUT2D eigenvalue weighted by atomic mass is 9.90. The Bertz CT molecular complexity index is 1150. The molecule has 0 spiro atoms. The van der Waals surface area contributed by atoms with Crippen LogP contribution in [0.4, 0.5) is 32.2 Å². The van der Waals surface area contributed by atoms with Gasteiger partial charge in [-0.25, -0.2) is 27.2 Å². The fraction of sp³-hybridized carbons (Fsp3) is 0.476. The van der Waals surface area contributed by atoms with E-state index in [0.717, 1.165) is 0 Å². The van der Waals surface area contributed by atoms with Crippen molar-refractivity contribution in [1.82, 2.24) is 24.5 Å². The highest BCUT2D eigenvalue weighted by molar-refractivity contribution is 5.95. The number of pyridine rings is 1. The van der Waals surface area contributed by atoms with Crippen molar-refractivity contribution in [3.05, 3.63) is 47.5 Å². The lowest BCUT2D eigenvalue weighted by molar-refractivity contribution is 0.0537. The molecule has 0 aromatic carbocycles. The van der Waals surface area contributed by atoms with E-state index in [1.165, 1.54) is 6.20 Å². The molecule has 0 bridgehead atoms. The summed E-state index contributed by atoms with van der Waals surface area (Å²) in [5.74, 6) is -0.188. The van der Waals surface area contributed by atoms with Crippen molar-refractivity contribution in [3.8, 4) is 0 Å². The number of halogens is 6. The van der Waals surface area contributed by atoms with Crippen molar-refractivity contribution in [1.29, 1.82) is 0 Å². The average molecular weight is 488 g/mol. The van der Waals surface area contributed by atoms with Crippen LogP contribution in [0.5, 0.6) is 0 Å². The SMILES string of the molecule is CN(c1cccc2nc(C(F)F)cn12)[C@H]1CC[C@@H](NC(=O)c2cn(C(F)F)nc2C(F)F)CC1. The second kappa shape index (κ2) is 9.55. The van der Waals surface area contributed by atoms with Gasteiger partial charge in [-0.15, -0.1) is 0 Å². The van der Waals surface area contributed by atoms with Gasteiger partial charge in [0.1, 0.15) is 22.9 Å². The Kier molecular flexibility index (Phi) is 6.71. The molecular formula is C21H22F6N6O. The first kappa shape index (κ1) is 23.9. The van der Waals surface area contributed by atoms with Gasteiger partial charge in [0.05, 0.1) is 5.56 Å². The number of carbonyl (C=O) groups excluding carboxylic acids is 1. The summed E-state index contributed by atoms with van der Waals surface area (Å²) in [7, 11) is 1.84. The van der Waals surface area contributed by atoms with E-state index in [1.54, 1.807) is 22.6 Å². The summed E-state index contributed by atoms with van der Waals surface area (Å²) < 4.78 is 79.7. The molecule has 1 amide bonds. The zero-order valence-electron chi connectivity index (χ0n) is 18.0. The van der Waals surface area contributed by atoms with Crippen LogP contribution in [0.2, 0.25) is 0 Å². The number of anilines is 1. The fourth-order valence-corrected chi connectivity index (χ4v) is 4.31. The second-order valence-electron chi connectivity index (χ2n) is 8.15. The first-order valence-corrected chi connectivity index (χ1v) is 10.6. The molecule has 4 rings (SSSR count). The van der Waals surface area contributed by atoms with Crippen LogP contribution >= 0.6 is 0 Å². The quantitative estimate of drug-likeness (QED) is 0.477. The van der Waals surface area contributed by atoms with Gasteiger partial charge in [0.15, 0.2) is 0 Å². The maximum atomic E-state index is 13.1. The number of fused-ring (bicyclic) bond motifs is 1. The predicted octanol–water partition coefficient (Wildman–Crippen LogP) is 4.98. The monoisotopic (exact) mass is 488 g/mol. The minimum atomic E-state index is -3.17. The first-order chi connectivity index (χ1) is 16.2.